The van der Waals surface area contributed by atoms with Crippen LogP contribution in [0, 0.1) is 6.92 Å². The zero-order valence-corrected chi connectivity index (χ0v) is 11.8. The Morgan fingerprint density at radius 1 is 1.11 bits per heavy atom. The van der Waals surface area contributed by atoms with Gasteiger partial charge in [0.1, 0.15) is 11.5 Å². The molecule has 0 radical (unpaired) electrons. The number of aryl methyl sites for hydroxylation is 1. The summed E-state index contributed by atoms with van der Waals surface area (Å²) in [7, 11) is 0. The van der Waals surface area contributed by atoms with Crippen LogP contribution in [-0.4, -0.2) is 5.78 Å². The highest BCUT2D eigenvalue weighted by atomic mass is 79.9. The van der Waals surface area contributed by atoms with Gasteiger partial charge >= 0.3 is 0 Å². The van der Waals surface area contributed by atoms with Crippen LogP contribution >= 0.6 is 15.9 Å². The molecule has 0 aliphatic carbocycles. The first-order valence-electron chi connectivity index (χ1n) is 5.61. The van der Waals surface area contributed by atoms with Crippen LogP contribution in [0.15, 0.2) is 46.9 Å². The standard InChI is InChI=1S/C15H13BrO2/c1-10-3-6-13(7-4-10)18-15-8-5-12(11(2)17)9-14(15)16/h3-9H,1-2H3. The van der Waals surface area contributed by atoms with E-state index in [4.69, 9.17) is 4.74 Å². The smallest absolute Gasteiger partial charge is 0.159 e. The summed E-state index contributed by atoms with van der Waals surface area (Å²) >= 11 is 3.41. The van der Waals surface area contributed by atoms with Crippen LogP contribution in [0.3, 0.4) is 0 Å². The number of hydrogen-bond donors (Lipinski definition) is 0. The van der Waals surface area contributed by atoms with Gasteiger partial charge in [-0.15, -0.1) is 0 Å². The predicted molar refractivity (Wildman–Crippen MR) is 75.4 cm³/mol. The Morgan fingerprint density at radius 3 is 2.33 bits per heavy atom. The highest BCUT2D eigenvalue weighted by Gasteiger charge is 2.06. The molecule has 2 aromatic rings. The van der Waals surface area contributed by atoms with Crippen molar-refractivity contribution < 1.29 is 9.53 Å². The van der Waals surface area contributed by atoms with Crippen LogP contribution < -0.4 is 4.74 Å². The zero-order valence-electron chi connectivity index (χ0n) is 10.2. The fourth-order valence-corrected chi connectivity index (χ4v) is 2.00. The van der Waals surface area contributed by atoms with Gasteiger partial charge in [-0.3, -0.25) is 4.79 Å². The monoisotopic (exact) mass is 304 g/mol. The van der Waals surface area contributed by atoms with Gasteiger partial charge in [0.2, 0.25) is 0 Å². The van der Waals surface area contributed by atoms with Crippen LogP contribution in [-0.2, 0) is 0 Å². The van der Waals surface area contributed by atoms with Gasteiger partial charge in [0.25, 0.3) is 0 Å². The fraction of sp³-hybridized carbons (Fsp3) is 0.133. The maximum absolute atomic E-state index is 11.2. The topological polar surface area (TPSA) is 26.3 Å². The van der Waals surface area contributed by atoms with Crippen molar-refractivity contribution >= 4 is 21.7 Å². The Labute approximate surface area is 115 Å². The third-order valence-corrected chi connectivity index (χ3v) is 3.21. The van der Waals surface area contributed by atoms with E-state index in [1.54, 1.807) is 25.1 Å². The average molecular weight is 305 g/mol. The summed E-state index contributed by atoms with van der Waals surface area (Å²) in [5, 5.41) is 0. The Bertz CT molecular complexity index is 574. The summed E-state index contributed by atoms with van der Waals surface area (Å²) in [5.41, 5.74) is 1.85. The maximum atomic E-state index is 11.2. The fourth-order valence-electron chi connectivity index (χ4n) is 1.54. The molecule has 0 amide bonds. The highest BCUT2D eigenvalue weighted by molar-refractivity contribution is 9.10. The molecule has 0 bridgehead atoms. The number of halogens is 1. The van der Waals surface area contributed by atoms with Gasteiger partial charge in [-0.05, 0) is 60.1 Å². The maximum Gasteiger partial charge on any atom is 0.159 e. The number of ketones is 1. The Hall–Kier alpha value is -1.61. The molecule has 0 saturated heterocycles. The number of Topliss-reactive ketones (excluding diaryl/α,β-unsaturated/α-hetero) is 1. The second-order valence-electron chi connectivity index (χ2n) is 4.12. The lowest BCUT2D eigenvalue weighted by atomic mass is 10.1. The van der Waals surface area contributed by atoms with Crippen molar-refractivity contribution in [3.8, 4) is 11.5 Å². The normalized spacial score (nSPS) is 10.2. The molecule has 18 heavy (non-hydrogen) atoms. The van der Waals surface area contributed by atoms with E-state index in [0.29, 0.717) is 11.3 Å². The molecular weight excluding hydrogens is 292 g/mol. The van der Waals surface area contributed by atoms with Crippen LogP contribution in [0.5, 0.6) is 11.5 Å². The second-order valence-corrected chi connectivity index (χ2v) is 4.97. The lowest BCUT2D eigenvalue weighted by molar-refractivity contribution is 0.101. The van der Waals surface area contributed by atoms with Crippen LogP contribution in [0.2, 0.25) is 0 Å². The first-order valence-corrected chi connectivity index (χ1v) is 6.40. The van der Waals surface area contributed by atoms with Gasteiger partial charge in [-0.2, -0.15) is 0 Å². The van der Waals surface area contributed by atoms with Crippen molar-refractivity contribution in [3.63, 3.8) is 0 Å². The van der Waals surface area contributed by atoms with E-state index in [1.807, 2.05) is 31.2 Å². The summed E-state index contributed by atoms with van der Waals surface area (Å²) in [6.45, 7) is 3.57. The third-order valence-electron chi connectivity index (χ3n) is 2.59. The van der Waals surface area contributed by atoms with E-state index >= 15 is 0 Å². The summed E-state index contributed by atoms with van der Waals surface area (Å²) in [4.78, 5) is 11.2. The molecule has 2 aromatic carbocycles. The molecule has 0 aliphatic heterocycles. The molecule has 0 saturated carbocycles. The van der Waals surface area contributed by atoms with Crippen LogP contribution in [0.25, 0.3) is 0 Å². The molecule has 0 atom stereocenters. The summed E-state index contributed by atoms with van der Waals surface area (Å²) < 4.78 is 6.51. The minimum atomic E-state index is 0.0394. The molecule has 2 rings (SSSR count). The van der Waals surface area contributed by atoms with E-state index < -0.39 is 0 Å². The molecule has 0 spiro atoms. The number of carbonyl (C=O) groups is 1. The zero-order chi connectivity index (χ0) is 13.1. The minimum Gasteiger partial charge on any atom is -0.456 e. The van der Waals surface area contributed by atoms with E-state index in [2.05, 4.69) is 15.9 Å². The van der Waals surface area contributed by atoms with Gasteiger partial charge in [0.15, 0.2) is 5.78 Å². The molecule has 0 heterocycles. The number of ether oxygens (including phenoxy) is 1. The largest absolute Gasteiger partial charge is 0.456 e. The lowest BCUT2D eigenvalue weighted by Crippen LogP contribution is -1.93. The molecule has 0 unspecified atom stereocenters. The number of hydrogen-bond acceptors (Lipinski definition) is 2. The van der Waals surface area contributed by atoms with Crippen molar-refractivity contribution in [1.29, 1.82) is 0 Å². The van der Waals surface area contributed by atoms with Crippen molar-refractivity contribution in [1.82, 2.24) is 0 Å². The molecule has 0 aromatic heterocycles. The Kier molecular flexibility index (Phi) is 3.82. The van der Waals surface area contributed by atoms with Crippen molar-refractivity contribution in [2.75, 3.05) is 0 Å². The molecule has 2 nitrogen and oxygen atoms in total. The van der Waals surface area contributed by atoms with Gasteiger partial charge in [0.05, 0.1) is 4.47 Å². The predicted octanol–water partition coefficient (Wildman–Crippen LogP) is 4.75. The molecule has 0 N–H and O–H groups in total. The molecule has 3 heteroatoms. The average Bonchev–Trinajstić information content (AvgIpc) is 2.34. The number of carbonyl (C=O) groups excluding carboxylic acids is 1. The number of benzene rings is 2. The Balaban J connectivity index is 2.24. The van der Waals surface area contributed by atoms with Gasteiger partial charge in [-0.1, -0.05) is 17.7 Å². The first-order chi connectivity index (χ1) is 8.56. The lowest BCUT2D eigenvalue weighted by Gasteiger charge is -2.08. The first kappa shape index (κ1) is 12.8. The molecular formula is C15H13BrO2. The van der Waals surface area contributed by atoms with Crippen molar-refractivity contribution in [2.24, 2.45) is 0 Å². The molecule has 92 valence electrons. The summed E-state index contributed by atoms with van der Waals surface area (Å²) in [6, 6.07) is 13.1. The van der Waals surface area contributed by atoms with E-state index in [0.717, 1.165) is 10.2 Å². The van der Waals surface area contributed by atoms with E-state index in [9.17, 15) is 4.79 Å². The number of rotatable bonds is 3. The quantitative estimate of drug-likeness (QED) is 0.765. The molecule has 0 fully saturated rings. The van der Waals surface area contributed by atoms with E-state index in [-0.39, 0.29) is 5.78 Å². The second kappa shape index (κ2) is 5.36. The SMILES string of the molecule is CC(=O)c1ccc(Oc2ccc(C)cc2)c(Br)c1. The molecule has 0 aliphatic rings. The highest BCUT2D eigenvalue weighted by Crippen LogP contribution is 2.30. The van der Waals surface area contributed by atoms with Gasteiger partial charge in [0, 0.05) is 5.56 Å². The van der Waals surface area contributed by atoms with Gasteiger partial charge < -0.3 is 4.74 Å². The van der Waals surface area contributed by atoms with Crippen LogP contribution in [0.4, 0.5) is 0 Å². The van der Waals surface area contributed by atoms with Gasteiger partial charge in [-0.25, -0.2) is 0 Å². The third kappa shape index (κ3) is 2.99. The summed E-state index contributed by atoms with van der Waals surface area (Å²) in [5.74, 6) is 1.51. The van der Waals surface area contributed by atoms with Crippen LogP contribution in [0.1, 0.15) is 22.8 Å². The minimum absolute atomic E-state index is 0.0394. The van der Waals surface area contributed by atoms with Crippen molar-refractivity contribution in [2.45, 2.75) is 13.8 Å². The van der Waals surface area contributed by atoms with E-state index in [1.165, 1.54) is 5.56 Å². The van der Waals surface area contributed by atoms with Crippen molar-refractivity contribution in [3.05, 3.63) is 58.1 Å². The summed E-state index contributed by atoms with van der Waals surface area (Å²) in [6.07, 6.45) is 0. The Morgan fingerprint density at radius 2 is 1.78 bits per heavy atom.